The highest BCUT2D eigenvalue weighted by Crippen LogP contribution is 2.11. The molecule has 0 saturated carbocycles. The second kappa shape index (κ2) is 5.55. The van der Waals surface area contributed by atoms with Crippen LogP contribution in [-0.2, 0) is 0 Å². The number of aromatic nitrogens is 2. The zero-order chi connectivity index (χ0) is 11.3. The van der Waals surface area contributed by atoms with Crippen molar-refractivity contribution in [3.8, 4) is 0 Å². The van der Waals surface area contributed by atoms with Crippen LogP contribution in [0, 0.1) is 6.92 Å². The quantitative estimate of drug-likeness (QED) is 0.644. The predicted octanol–water partition coefficient (Wildman–Crippen LogP) is 0.248. The van der Waals surface area contributed by atoms with E-state index in [4.69, 9.17) is 12.2 Å². The molecule has 0 aliphatic carbocycles. The Morgan fingerprint density at radius 2 is 2.40 bits per heavy atom. The Morgan fingerprint density at radius 1 is 1.67 bits per heavy atom. The first-order chi connectivity index (χ1) is 7.15. The molecule has 0 radical (unpaired) electrons. The van der Waals surface area contributed by atoms with Crippen molar-refractivity contribution < 1.29 is 0 Å². The van der Waals surface area contributed by atoms with Crippen LogP contribution in [-0.4, -0.2) is 42.3 Å². The molecule has 5 nitrogen and oxygen atoms in total. The smallest absolute Gasteiger partial charge is 0.166 e. The van der Waals surface area contributed by atoms with Gasteiger partial charge < -0.3 is 20.5 Å². The number of hydrogen-bond acceptors (Lipinski definition) is 3. The molecule has 1 aromatic rings. The second-order valence-electron chi connectivity index (χ2n) is 3.28. The number of anilines is 1. The summed E-state index contributed by atoms with van der Waals surface area (Å²) in [5, 5.41) is 6.62. The van der Waals surface area contributed by atoms with Crippen LogP contribution in [0.1, 0.15) is 5.69 Å². The van der Waals surface area contributed by atoms with Crippen molar-refractivity contribution >= 4 is 23.1 Å². The summed E-state index contributed by atoms with van der Waals surface area (Å²) in [7, 11) is 3.81. The van der Waals surface area contributed by atoms with Gasteiger partial charge in [-0.25, -0.2) is 4.98 Å². The molecule has 15 heavy (non-hydrogen) atoms. The van der Waals surface area contributed by atoms with Crippen LogP contribution in [0.15, 0.2) is 6.33 Å². The number of H-pyrrole nitrogens is 1. The van der Waals surface area contributed by atoms with Crippen molar-refractivity contribution in [2.45, 2.75) is 6.92 Å². The molecule has 0 bridgehead atoms. The second-order valence-corrected chi connectivity index (χ2v) is 3.69. The number of nitrogens with zero attached hydrogens (tertiary/aromatic N) is 2. The SMILES string of the molecule is CNC(=S)NCCN(C)c1nc[nH]c1C. The van der Waals surface area contributed by atoms with Gasteiger partial charge in [0, 0.05) is 27.2 Å². The molecule has 1 aromatic heterocycles. The van der Waals surface area contributed by atoms with Gasteiger partial charge in [0.25, 0.3) is 0 Å². The molecular weight excluding hydrogens is 210 g/mol. The number of likely N-dealkylation sites (N-methyl/N-ethyl adjacent to an activating group) is 1. The molecule has 0 saturated heterocycles. The summed E-state index contributed by atoms with van der Waals surface area (Å²) in [6.07, 6.45) is 1.70. The van der Waals surface area contributed by atoms with E-state index in [-0.39, 0.29) is 0 Å². The van der Waals surface area contributed by atoms with E-state index >= 15 is 0 Å². The third-order valence-corrected chi connectivity index (χ3v) is 2.47. The zero-order valence-corrected chi connectivity index (χ0v) is 10.1. The van der Waals surface area contributed by atoms with Gasteiger partial charge in [0.15, 0.2) is 5.11 Å². The van der Waals surface area contributed by atoms with Crippen molar-refractivity contribution in [3.05, 3.63) is 12.0 Å². The van der Waals surface area contributed by atoms with Gasteiger partial charge in [0.05, 0.1) is 12.0 Å². The lowest BCUT2D eigenvalue weighted by atomic mass is 10.4. The molecule has 0 spiro atoms. The summed E-state index contributed by atoms with van der Waals surface area (Å²) in [5.74, 6) is 0.979. The predicted molar refractivity (Wildman–Crippen MR) is 66.3 cm³/mol. The fourth-order valence-electron chi connectivity index (χ4n) is 1.27. The lowest BCUT2D eigenvalue weighted by molar-refractivity contribution is 0.804. The first-order valence-electron chi connectivity index (χ1n) is 4.82. The average Bonchev–Trinajstić information content (AvgIpc) is 2.64. The Balaban J connectivity index is 2.34. The van der Waals surface area contributed by atoms with Crippen LogP contribution in [0.3, 0.4) is 0 Å². The minimum absolute atomic E-state index is 0.669. The Bertz CT molecular complexity index is 322. The average molecular weight is 227 g/mol. The maximum atomic E-state index is 4.97. The van der Waals surface area contributed by atoms with Crippen molar-refractivity contribution in [2.75, 3.05) is 32.1 Å². The monoisotopic (exact) mass is 227 g/mol. The first kappa shape index (κ1) is 11.8. The van der Waals surface area contributed by atoms with Gasteiger partial charge in [-0.05, 0) is 19.1 Å². The molecule has 0 aliphatic rings. The number of aromatic amines is 1. The zero-order valence-electron chi connectivity index (χ0n) is 9.29. The largest absolute Gasteiger partial charge is 0.366 e. The fraction of sp³-hybridized carbons (Fsp3) is 0.556. The topological polar surface area (TPSA) is 56.0 Å². The van der Waals surface area contributed by atoms with E-state index in [9.17, 15) is 0 Å². The van der Waals surface area contributed by atoms with Crippen LogP contribution in [0.4, 0.5) is 5.82 Å². The standard InChI is InChI=1S/C9H17N5S/c1-7-8(13-6-12-7)14(3)5-4-11-9(15)10-2/h6H,4-5H2,1-3H3,(H,12,13)(H2,10,11,15). The molecule has 0 fully saturated rings. The van der Waals surface area contributed by atoms with Crippen LogP contribution in [0.5, 0.6) is 0 Å². The van der Waals surface area contributed by atoms with E-state index in [0.29, 0.717) is 5.11 Å². The van der Waals surface area contributed by atoms with Crippen LogP contribution < -0.4 is 15.5 Å². The van der Waals surface area contributed by atoms with Crippen molar-refractivity contribution in [2.24, 2.45) is 0 Å². The van der Waals surface area contributed by atoms with Crippen molar-refractivity contribution in [1.29, 1.82) is 0 Å². The molecule has 0 aromatic carbocycles. The fourth-order valence-corrected chi connectivity index (χ4v) is 1.37. The van der Waals surface area contributed by atoms with Gasteiger partial charge in [-0.15, -0.1) is 0 Å². The lowest BCUT2D eigenvalue weighted by Gasteiger charge is -2.18. The summed E-state index contributed by atoms with van der Waals surface area (Å²) >= 11 is 4.97. The Hall–Kier alpha value is -1.30. The summed E-state index contributed by atoms with van der Waals surface area (Å²) in [6.45, 7) is 3.65. The normalized spacial score (nSPS) is 9.80. The van der Waals surface area contributed by atoms with Crippen molar-refractivity contribution in [1.82, 2.24) is 20.6 Å². The molecule has 0 atom stereocenters. The van der Waals surface area contributed by atoms with Gasteiger partial charge in [0.1, 0.15) is 5.82 Å². The van der Waals surface area contributed by atoms with Gasteiger partial charge in [0.2, 0.25) is 0 Å². The molecule has 84 valence electrons. The summed E-state index contributed by atoms with van der Waals surface area (Å²) < 4.78 is 0. The molecule has 6 heteroatoms. The molecular formula is C9H17N5S. The Kier molecular flexibility index (Phi) is 4.36. The first-order valence-corrected chi connectivity index (χ1v) is 5.22. The number of imidazole rings is 1. The van der Waals surface area contributed by atoms with E-state index in [1.165, 1.54) is 0 Å². The van der Waals surface area contributed by atoms with E-state index in [1.807, 2.05) is 14.0 Å². The van der Waals surface area contributed by atoms with Gasteiger partial charge >= 0.3 is 0 Å². The van der Waals surface area contributed by atoms with E-state index in [2.05, 4.69) is 25.5 Å². The van der Waals surface area contributed by atoms with Gasteiger partial charge in [-0.2, -0.15) is 0 Å². The maximum Gasteiger partial charge on any atom is 0.166 e. The number of rotatable bonds is 4. The van der Waals surface area contributed by atoms with Gasteiger partial charge in [-0.1, -0.05) is 0 Å². The minimum atomic E-state index is 0.669. The molecule has 1 heterocycles. The lowest BCUT2D eigenvalue weighted by Crippen LogP contribution is -2.37. The van der Waals surface area contributed by atoms with E-state index in [1.54, 1.807) is 13.4 Å². The highest BCUT2D eigenvalue weighted by molar-refractivity contribution is 7.80. The van der Waals surface area contributed by atoms with E-state index in [0.717, 1.165) is 24.6 Å². The Morgan fingerprint density at radius 3 is 2.93 bits per heavy atom. The molecule has 3 N–H and O–H groups in total. The maximum absolute atomic E-state index is 4.97. The van der Waals surface area contributed by atoms with Gasteiger partial charge in [-0.3, -0.25) is 0 Å². The number of aryl methyl sites for hydroxylation is 1. The summed E-state index contributed by atoms with van der Waals surface area (Å²) in [4.78, 5) is 9.36. The highest BCUT2D eigenvalue weighted by Gasteiger charge is 2.06. The summed E-state index contributed by atoms with van der Waals surface area (Å²) in [6, 6.07) is 0. The molecule has 1 rings (SSSR count). The highest BCUT2D eigenvalue weighted by atomic mass is 32.1. The molecule has 0 aliphatic heterocycles. The minimum Gasteiger partial charge on any atom is -0.366 e. The third-order valence-electron chi connectivity index (χ3n) is 2.12. The van der Waals surface area contributed by atoms with Crippen LogP contribution in [0.25, 0.3) is 0 Å². The molecule has 0 unspecified atom stereocenters. The summed E-state index contributed by atoms with van der Waals surface area (Å²) in [5.41, 5.74) is 1.08. The van der Waals surface area contributed by atoms with Crippen LogP contribution >= 0.6 is 12.2 Å². The number of hydrogen-bond donors (Lipinski definition) is 3. The molecule has 0 amide bonds. The van der Waals surface area contributed by atoms with Crippen LogP contribution in [0.2, 0.25) is 0 Å². The number of nitrogens with one attached hydrogen (secondary N) is 3. The van der Waals surface area contributed by atoms with E-state index < -0.39 is 0 Å². The Labute approximate surface area is 95.3 Å². The third kappa shape index (κ3) is 3.39. The van der Waals surface area contributed by atoms with Crippen molar-refractivity contribution in [3.63, 3.8) is 0 Å². The number of thiocarbonyl (C=S) groups is 1.